The fourth-order valence-corrected chi connectivity index (χ4v) is 2.72. The number of amides is 3. The number of halogens is 1. The molecule has 2 N–H and O–H groups in total. The van der Waals surface area contributed by atoms with Crippen molar-refractivity contribution >= 4 is 23.5 Å². The third-order valence-electron chi connectivity index (χ3n) is 3.93. The molecular weight excluding hydrogens is 314 g/mol. The first-order chi connectivity index (χ1) is 11.1. The largest absolute Gasteiger partial charge is 0.343 e. The number of hydrogen-bond acceptors (Lipinski definition) is 2. The van der Waals surface area contributed by atoms with Crippen LogP contribution in [0.3, 0.4) is 0 Å². The van der Waals surface area contributed by atoms with Gasteiger partial charge in [0.2, 0.25) is 5.91 Å². The van der Waals surface area contributed by atoms with Crippen LogP contribution in [0.4, 0.5) is 4.79 Å². The molecule has 0 radical (unpaired) electrons. The highest BCUT2D eigenvalue weighted by Crippen LogP contribution is 2.11. The summed E-state index contributed by atoms with van der Waals surface area (Å²) in [5.41, 5.74) is 1.000. The summed E-state index contributed by atoms with van der Waals surface area (Å²) in [5.74, 6) is 0.245. The maximum absolute atomic E-state index is 11.8. The molecule has 0 unspecified atom stereocenters. The minimum Gasteiger partial charge on any atom is -0.343 e. The molecule has 1 fully saturated rings. The molecule has 2 rings (SSSR count). The van der Waals surface area contributed by atoms with Gasteiger partial charge in [0, 0.05) is 37.6 Å². The summed E-state index contributed by atoms with van der Waals surface area (Å²) in [6.07, 6.45) is 4.66. The van der Waals surface area contributed by atoms with E-state index in [1.54, 1.807) is 12.1 Å². The second kappa shape index (κ2) is 9.40. The van der Waals surface area contributed by atoms with Gasteiger partial charge in [-0.05, 0) is 37.0 Å². The summed E-state index contributed by atoms with van der Waals surface area (Å²) < 4.78 is 0. The topological polar surface area (TPSA) is 61.4 Å². The molecule has 1 aliphatic rings. The van der Waals surface area contributed by atoms with Crippen LogP contribution in [0, 0.1) is 0 Å². The average Bonchev–Trinajstić information content (AvgIpc) is 2.75. The molecular formula is C17H24ClN3O2. The lowest BCUT2D eigenvalue weighted by molar-refractivity contribution is -0.130. The van der Waals surface area contributed by atoms with Crippen molar-refractivity contribution in [3.05, 3.63) is 34.9 Å². The highest BCUT2D eigenvalue weighted by Gasteiger charge is 2.15. The first kappa shape index (κ1) is 17.6. The van der Waals surface area contributed by atoms with E-state index in [0.29, 0.717) is 24.5 Å². The third-order valence-corrected chi connectivity index (χ3v) is 4.18. The van der Waals surface area contributed by atoms with Crippen LogP contribution in [0.25, 0.3) is 0 Å². The van der Waals surface area contributed by atoms with Crippen LogP contribution in [0.5, 0.6) is 0 Å². The van der Waals surface area contributed by atoms with E-state index in [1.165, 1.54) is 0 Å². The Bertz CT molecular complexity index is 519. The summed E-state index contributed by atoms with van der Waals surface area (Å²) >= 11 is 5.82. The van der Waals surface area contributed by atoms with E-state index in [4.69, 9.17) is 11.6 Å². The van der Waals surface area contributed by atoms with Gasteiger partial charge in [-0.3, -0.25) is 4.79 Å². The van der Waals surface area contributed by atoms with Gasteiger partial charge >= 0.3 is 6.03 Å². The van der Waals surface area contributed by atoms with Gasteiger partial charge in [-0.15, -0.1) is 0 Å². The number of hydrogen-bond donors (Lipinski definition) is 2. The van der Waals surface area contributed by atoms with Crippen LogP contribution in [0.2, 0.25) is 5.02 Å². The number of rotatable bonds is 6. The van der Waals surface area contributed by atoms with E-state index in [0.717, 1.165) is 44.3 Å². The van der Waals surface area contributed by atoms with Gasteiger partial charge in [-0.25, -0.2) is 4.79 Å². The Balaban J connectivity index is 1.59. The molecule has 0 aliphatic carbocycles. The predicted octanol–water partition coefficient (Wildman–Crippen LogP) is 2.93. The highest BCUT2D eigenvalue weighted by molar-refractivity contribution is 6.30. The number of nitrogens with one attached hydrogen (secondary N) is 2. The van der Waals surface area contributed by atoms with Gasteiger partial charge < -0.3 is 15.5 Å². The fourth-order valence-electron chi connectivity index (χ4n) is 2.59. The molecule has 1 aromatic rings. The van der Waals surface area contributed by atoms with Crippen LogP contribution in [0.15, 0.2) is 24.3 Å². The maximum atomic E-state index is 11.8. The van der Waals surface area contributed by atoms with Crippen molar-refractivity contribution in [2.75, 3.05) is 19.6 Å². The van der Waals surface area contributed by atoms with E-state index in [1.807, 2.05) is 17.0 Å². The fraction of sp³-hybridized carbons (Fsp3) is 0.529. The van der Waals surface area contributed by atoms with E-state index >= 15 is 0 Å². The van der Waals surface area contributed by atoms with Crippen LogP contribution in [-0.4, -0.2) is 36.5 Å². The predicted molar refractivity (Wildman–Crippen MR) is 91.4 cm³/mol. The number of urea groups is 1. The van der Waals surface area contributed by atoms with Crippen LogP contribution in [0.1, 0.15) is 37.7 Å². The minimum atomic E-state index is -0.192. The summed E-state index contributed by atoms with van der Waals surface area (Å²) in [6.45, 7) is 2.60. The van der Waals surface area contributed by atoms with Crippen molar-refractivity contribution in [2.45, 2.75) is 38.6 Å². The van der Waals surface area contributed by atoms with Crippen LogP contribution < -0.4 is 10.6 Å². The monoisotopic (exact) mass is 337 g/mol. The second-order valence-corrected chi connectivity index (χ2v) is 6.22. The molecule has 1 saturated heterocycles. The SMILES string of the molecule is O=C(NCCCN1CCCCCC1=O)NCc1ccc(Cl)cc1. The molecule has 0 saturated carbocycles. The lowest BCUT2D eigenvalue weighted by Gasteiger charge is -2.20. The quantitative estimate of drug-likeness (QED) is 0.784. The van der Waals surface area contributed by atoms with Crippen molar-refractivity contribution in [1.29, 1.82) is 0 Å². The van der Waals surface area contributed by atoms with Crippen LogP contribution in [-0.2, 0) is 11.3 Å². The number of carbonyl (C=O) groups excluding carboxylic acids is 2. The zero-order valence-corrected chi connectivity index (χ0v) is 14.1. The molecule has 3 amide bonds. The molecule has 0 aromatic heterocycles. The van der Waals surface area contributed by atoms with Gasteiger partial charge in [-0.1, -0.05) is 30.2 Å². The molecule has 1 heterocycles. The molecule has 0 atom stereocenters. The van der Waals surface area contributed by atoms with Gasteiger partial charge in [-0.2, -0.15) is 0 Å². The van der Waals surface area contributed by atoms with E-state index in [2.05, 4.69) is 10.6 Å². The van der Waals surface area contributed by atoms with Crippen molar-refractivity contribution in [3.63, 3.8) is 0 Å². The zero-order valence-electron chi connectivity index (χ0n) is 13.3. The Morgan fingerprint density at radius 1 is 1.13 bits per heavy atom. The molecule has 0 bridgehead atoms. The summed E-state index contributed by atoms with van der Waals surface area (Å²) in [7, 11) is 0. The molecule has 126 valence electrons. The molecule has 5 nitrogen and oxygen atoms in total. The second-order valence-electron chi connectivity index (χ2n) is 5.78. The van der Waals surface area contributed by atoms with E-state index in [9.17, 15) is 9.59 Å². The average molecular weight is 338 g/mol. The lowest BCUT2D eigenvalue weighted by atomic mass is 10.2. The van der Waals surface area contributed by atoms with Crippen molar-refractivity contribution in [1.82, 2.24) is 15.5 Å². The summed E-state index contributed by atoms with van der Waals surface area (Å²) in [5, 5.41) is 6.30. The number of carbonyl (C=O) groups is 2. The van der Waals surface area contributed by atoms with Gasteiger partial charge in [0.05, 0.1) is 0 Å². The Labute approximate surface area is 142 Å². The minimum absolute atomic E-state index is 0.192. The normalized spacial score (nSPS) is 15.2. The highest BCUT2D eigenvalue weighted by atomic mass is 35.5. The Morgan fingerprint density at radius 3 is 2.70 bits per heavy atom. The molecule has 0 spiro atoms. The molecule has 23 heavy (non-hydrogen) atoms. The van der Waals surface area contributed by atoms with Crippen molar-refractivity contribution in [3.8, 4) is 0 Å². The Hall–Kier alpha value is -1.75. The van der Waals surface area contributed by atoms with Crippen molar-refractivity contribution < 1.29 is 9.59 Å². The van der Waals surface area contributed by atoms with E-state index < -0.39 is 0 Å². The van der Waals surface area contributed by atoms with Gasteiger partial charge in [0.1, 0.15) is 0 Å². The Kier molecular flexibility index (Phi) is 7.20. The molecule has 1 aliphatic heterocycles. The smallest absolute Gasteiger partial charge is 0.315 e. The third kappa shape index (κ3) is 6.48. The van der Waals surface area contributed by atoms with E-state index in [-0.39, 0.29) is 11.9 Å². The number of benzene rings is 1. The number of nitrogens with zero attached hydrogens (tertiary/aromatic N) is 1. The number of likely N-dealkylation sites (tertiary alicyclic amines) is 1. The summed E-state index contributed by atoms with van der Waals surface area (Å²) in [4.78, 5) is 25.5. The maximum Gasteiger partial charge on any atom is 0.315 e. The van der Waals surface area contributed by atoms with Crippen molar-refractivity contribution in [2.24, 2.45) is 0 Å². The molecule has 1 aromatic carbocycles. The molecule has 6 heteroatoms. The zero-order chi connectivity index (χ0) is 16.5. The van der Waals surface area contributed by atoms with Crippen LogP contribution >= 0.6 is 11.6 Å². The first-order valence-corrected chi connectivity index (χ1v) is 8.57. The van der Waals surface area contributed by atoms with Gasteiger partial charge in [0.25, 0.3) is 0 Å². The van der Waals surface area contributed by atoms with Gasteiger partial charge in [0.15, 0.2) is 0 Å². The standard InChI is InChI=1S/C17H24ClN3O2/c18-15-8-6-14(7-9-15)13-20-17(23)19-10-4-12-21-11-3-1-2-5-16(21)22/h6-9H,1-5,10-13H2,(H2,19,20,23). The summed E-state index contributed by atoms with van der Waals surface area (Å²) in [6, 6.07) is 7.17. The lowest BCUT2D eigenvalue weighted by Crippen LogP contribution is -2.38. The Morgan fingerprint density at radius 2 is 1.91 bits per heavy atom. The first-order valence-electron chi connectivity index (χ1n) is 8.19.